The van der Waals surface area contributed by atoms with Gasteiger partial charge in [0.15, 0.2) is 0 Å². The highest BCUT2D eigenvalue weighted by Gasteiger charge is 2.21. The molecule has 3 rings (SSSR count). The molecule has 4 N–H and O–H groups in total. The molecule has 0 aliphatic heterocycles. The minimum atomic E-state index is -0.699. The Kier molecular flexibility index (Phi) is 4.92. The SMILES string of the molecule is NC(=O)CC(NC(=O)c1cccc(Cl)c1)c1nc2ccc(Cl)cc2[nH]1. The fourth-order valence-corrected chi connectivity index (χ4v) is 2.82. The number of imidazole rings is 1. The molecule has 8 heteroatoms. The number of hydrogen-bond donors (Lipinski definition) is 3. The molecule has 25 heavy (non-hydrogen) atoms. The van der Waals surface area contributed by atoms with E-state index in [9.17, 15) is 9.59 Å². The average Bonchev–Trinajstić information content (AvgIpc) is 2.96. The number of nitrogens with one attached hydrogen (secondary N) is 2. The molecule has 6 nitrogen and oxygen atoms in total. The van der Waals surface area contributed by atoms with Crippen molar-refractivity contribution in [1.82, 2.24) is 15.3 Å². The smallest absolute Gasteiger partial charge is 0.251 e. The summed E-state index contributed by atoms with van der Waals surface area (Å²) in [6.07, 6.45) is -0.0974. The van der Waals surface area contributed by atoms with Crippen molar-refractivity contribution in [1.29, 1.82) is 0 Å². The van der Waals surface area contributed by atoms with E-state index in [-0.39, 0.29) is 12.3 Å². The van der Waals surface area contributed by atoms with E-state index in [2.05, 4.69) is 15.3 Å². The van der Waals surface area contributed by atoms with Crippen LogP contribution in [0.3, 0.4) is 0 Å². The van der Waals surface area contributed by atoms with Crippen molar-refractivity contribution in [3.8, 4) is 0 Å². The summed E-state index contributed by atoms with van der Waals surface area (Å²) in [5, 5.41) is 3.75. The highest BCUT2D eigenvalue weighted by molar-refractivity contribution is 6.31. The minimum Gasteiger partial charge on any atom is -0.370 e. The summed E-state index contributed by atoms with van der Waals surface area (Å²) < 4.78 is 0. The van der Waals surface area contributed by atoms with Gasteiger partial charge in [-0.1, -0.05) is 29.3 Å². The van der Waals surface area contributed by atoms with Crippen LogP contribution < -0.4 is 11.1 Å². The molecule has 1 aromatic heterocycles. The van der Waals surface area contributed by atoms with Crippen LogP contribution in [0.2, 0.25) is 10.0 Å². The molecule has 2 aromatic carbocycles. The fraction of sp³-hybridized carbons (Fsp3) is 0.118. The third-order valence-electron chi connectivity index (χ3n) is 3.59. The molecular weight excluding hydrogens is 363 g/mol. The van der Waals surface area contributed by atoms with Gasteiger partial charge in [0, 0.05) is 15.6 Å². The van der Waals surface area contributed by atoms with Gasteiger partial charge in [-0.25, -0.2) is 4.98 Å². The van der Waals surface area contributed by atoms with Crippen LogP contribution in [0.4, 0.5) is 0 Å². The number of nitrogens with two attached hydrogens (primary N) is 1. The van der Waals surface area contributed by atoms with E-state index >= 15 is 0 Å². The highest BCUT2D eigenvalue weighted by Crippen LogP contribution is 2.22. The Hall–Kier alpha value is -2.57. The van der Waals surface area contributed by atoms with Crippen LogP contribution in [-0.2, 0) is 4.79 Å². The van der Waals surface area contributed by atoms with E-state index in [1.807, 2.05) is 0 Å². The molecule has 0 saturated carbocycles. The predicted molar refractivity (Wildman–Crippen MR) is 96.6 cm³/mol. The highest BCUT2D eigenvalue weighted by atomic mass is 35.5. The fourth-order valence-electron chi connectivity index (χ4n) is 2.46. The molecular formula is C17H14Cl2N4O2. The van der Waals surface area contributed by atoms with Crippen LogP contribution in [0.5, 0.6) is 0 Å². The van der Waals surface area contributed by atoms with E-state index in [1.54, 1.807) is 36.4 Å². The first-order chi connectivity index (χ1) is 11.9. The molecule has 0 spiro atoms. The quantitative estimate of drug-likeness (QED) is 0.636. The number of rotatable bonds is 5. The third-order valence-corrected chi connectivity index (χ3v) is 4.06. The maximum Gasteiger partial charge on any atom is 0.251 e. The molecule has 0 saturated heterocycles. The molecule has 0 bridgehead atoms. The lowest BCUT2D eigenvalue weighted by Crippen LogP contribution is -2.32. The van der Waals surface area contributed by atoms with Gasteiger partial charge in [0.25, 0.3) is 5.91 Å². The van der Waals surface area contributed by atoms with Crippen molar-refractivity contribution in [2.45, 2.75) is 12.5 Å². The number of aromatic nitrogens is 2. The Bertz CT molecular complexity index is 955. The largest absolute Gasteiger partial charge is 0.370 e. The summed E-state index contributed by atoms with van der Waals surface area (Å²) in [6, 6.07) is 11.0. The maximum atomic E-state index is 12.4. The van der Waals surface area contributed by atoms with E-state index in [1.165, 1.54) is 6.07 Å². The van der Waals surface area contributed by atoms with Crippen molar-refractivity contribution in [3.05, 3.63) is 63.9 Å². The van der Waals surface area contributed by atoms with Gasteiger partial charge in [-0.3, -0.25) is 9.59 Å². The first-order valence-electron chi connectivity index (χ1n) is 7.42. The van der Waals surface area contributed by atoms with Crippen molar-refractivity contribution in [3.63, 3.8) is 0 Å². The number of carbonyl (C=O) groups excluding carboxylic acids is 2. The second kappa shape index (κ2) is 7.13. The van der Waals surface area contributed by atoms with Crippen LogP contribution in [0.1, 0.15) is 28.6 Å². The van der Waals surface area contributed by atoms with Gasteiger partial charge < -0.3 is 16.0 Å². The van der Waals surface area contributed by atoms with E-state index in [0.717, 1.165) is 0 Å². The van der Waals surface area contributed by atoms with Gasteiger partial charge in [-0.15, -0.1) is 0 Å². The van der Waals surface area contributed by atoms with Crippen molar-refractivity contribution >= 4 is 46.0 Å². The Morgan fingerprint density at radius 3 is 2.64 bits per heavy atom. The normalized spacial score (nSPS) is 12.1. The summed E-state index contributed by atoms with van der Waals surface area (Å²) in [6.45, 7) is 0. The lowest BCUT2D eigenvalue weighted by atomic mass is 10.1. The lowest BCUT2D eigenvalue weighted by molar-refractivity contribution is -0.118. The summed E-state index contributed by atoms with van der Waals surface area (Å²) in [5.41, 5.74) is 7.06. The number of benzene rings is 2. The van der Waals surface area contributed by atoms with Crippen LogP contribution >= 0.6 is 23.2 Å². The molecule has 3 aromatic rings. The number of H-pyrrole nitrogens is 1. The second-order valence-corrected chi connectivity index (χ2v) is 6.36. The Morgan fingerprint density at radius 1 is 1.16 bits per heavy atom. The number of nitrogens with zero attached hydrogens (tertiary/aromatic N) is 1. The summed E-state index contributed by atoms with van der Waals surface area (Å²) in [7, 11) is 0. The predicted octanol–water partition coefficient (Wildman–Crippen LogP) is 3.22. The molecule has 0 radical (unpaired) electrons. The minimum absolute atomic E-state index is 0.0974. The summed E-state index contributed by atoms with van der Waals surface area (Å²) in [5.74, 6) is -0.520. The van der Waals surface area contributed by atoms with Crippen molar-refractivity contribution in [2.24, 2.45) is 5.73 Å². The molecule has 1 atom stereocenters. The number of halogens is 2. The Morgan fingerprint density at radius 2 is 1.92 bits per heavy atom. The zero-order valence-corrected chi connectivity index (χ0v) is 14.4. The average molecular weight is 377 g/mol. The van der Waals surface area contributed by atoms with E-state index in [4.69, 9.17) is 28.9 Å². The zero-order valence-electron chi connectivity index (χ0n) is 12.9. The number of amides is 2. The van der Waals surface area contributed by atoms with Gasteiger partial charge in [0.2, 0.25) is 5.91 Å². The standard InChI is InChI=1S/C17H14Cl2N4O2/c18-10-3-1-2-9(6-10)17(25)23-14(8-15(20)24)16-21-12-5-4-11(19)7-13(12)22-16/h1-7,14H,8H2,(H2,20,24)(H,21,22)(H,23,25). The van der Waals surface area contributed by atoms with Gasteiger partial charge in [-0.2, -0.15) is 0 Å². The number of primary amides is 1. The molecule has 0 fully saturated rings. The molecule has 0 aliphatic rings. The molecule has 0 aliphatic carbocycles. The van der Waals surface area contributed by atoms with Gasteiger partial charge in [-0.05, 0) is 36.4 Å². The first kappa shape index (κ1) is 17.3. The number of hydrogen-bond acceptors (Lipinski definition) is 3. The van der Waals surface area contributed by atoms with Gasteiger partial charge in [0.05, 0.1) is 23.5 Å². The first-order valence-corrected chi connectivity index (χ1v) is 8.18. The number of aromatic amines is 1. The number of fused-ring (bicyclic) bond motifs is 1. The summed E-state index contributed by atoms with van der Waals surface area (Å²) in [4.78, 5) is 31.3. The van der Waals surface area contributed by atoms with Crippen molar-refractivity contribution < 1.29 is 9.59 Å². The van der Waals surface area contributed by atoms with Gasteiger partial charge in [0.1, 0.15) is 5.82 Å². The van der Waals surface area contributed by atoms with Crippen LogP contribution in [-0.4, -0.2) is 21.8 Å². The Labute approximate surface area is 153 Å². The molecule has 1 unspecified atom stereocenters. The lowest BCUT2D eigenvalue weighted by Gasteiger charge is -2.15. The molecule has 128 valence electrons. The van der Waals surface area contributed by atoms with Crippen molar-refractivity contribution in [2.75, 3.05) is 0 Å². The van der Waals surface area contributed by atoms with Crippen LogP contribution in [0.25, 0.3) is 11.0 Å². The van der Waals surface area contributed by atoms with E-state index < -0.39 is 11.9 Å². The summed E-state index contributed by atoms with van der Waals surface area (Å²) >= 11 is 11.9. The monoisotopic (exact) mass is 376 g/mol. The molecule has 1 heterocycles. The Balaban J connectivity index is 1.90. The third kappa shape index (κ3) is 4.10. The molecule has 2 amide bonds. The number of carbonyl (C=O) groups is 2. The van der Waals surface area contributed by atoms with Crippen LogP contribution in [0.15, 0.2) is 42.5 Å². The van der Waals surface area contributed by atoms with Gasteiger partial charge >= 0.3 is 0 Å². The zero-order chi connectivity index (χ0) is 18.0. The van der Waals surface area contributed by atoms with E-state index in [0.29, 0.717) is 32.5 Å². The second-order valence-electron chi connectivity index (χ2n) is 5.49. The maximum absolute atomic E-state index is 12.4. The topological polar surface area (TPSA) is 101 Å². The van der Waals surface area contributed by atoms with Crippen LogP contribution in [0, 0.1) is 0 Å².